The van der Waals surface area contributed by atoms with Crippen LogP contribution in [0.15, 0.2) is 4.42 Å². The van der Waals surface area contributed by atoms with Gasteiger partial charge >= 0.3 is 0 Å². The molecule has 5 heteroatoms. The van der Waals surface area contributed by atoms with Crippen LogP contribution in [-0.2, 0) is 4.79 Å². The van der Waals surface area contributed by atoms with Crippen molar-refractivity contribution in [2.45, 2.75) is 40.2 Å². The number of carbonyl (C=O) groups excluding carboxylic acids is 2. The molecule has 1 aromatic rings. The topological polar surface area (TPSA) is 72.2 Å². The first-order chi connectivity index (χ1) is 7.45. The number of amides is 1. The molecule has 0 saturated heterocycles. The SMILES string of the molecule is CCC(=O)C(C)NC(=O)c1oc(C)nc1C. The molecular weight excluding hydrogens is 208 g/mol. The second kappa shape index (κ2) is 4.92. The van der Waals surface area contributed by atoms with E-state index in [0.29, 0.717) is 18.0 Å². The lowest BCUT2D eigenvalue weighted by atomic mass is 10.1. The maximum atomic E-state index is 11.7. The quantitative estimate of drug-likeness (QED) is 0.838. The number of Topliss-reactive ketones (excluding diaryl/α,β-unsaturated/α-hetero) is 1. The van der Waals surface area contributed by atoms with Crippen LogP contribution in [0.2, 0.25) is 0 Å². The Kier molecular flexibility index (Phi) is 3.82. The molecule has 0 aromatic carbocycles. The third-order valence-electron chi connectivity index (χ3n) is 2.29. The number of aryl methyl sites for hydroxylation is 2. The molecule has 1 atom stereocenters. The number of hydrogen-bond acceptors (Lipinski definition) is 4. The molecule has 0 aliphatic carbocycles. The molecule has 1 aromatic heterocycles. The Morgan fingerprint density at radius 2 is 2.06 bits per heavy atom. The fourth-order valence-electron chi connectivity index (χ4n) is 1.39. The van der Waals surface area contributed by atoms with E-state index in [1.165, 1.54) is 0 Å². The summed E-state index contributed by atoms with van der Waals surface area (Å²) in [5.74, 6) is 0.208. The molecule has 0 radical (unpaired) electrons. The molecule has 16 heavy (non-hydrogen) atoms. The largest absolute Gasteiger partial charge is 0.436 e. The van der Waals surface area contributed by atoms with E-state index in [9.17, 15) is 9.59 Å². The maximum Gasteiger partial charge on any atom is 0.289 e. The molecule has 0 bridgehead atoms. The molecular formula is C11H16N2O3. The van der Waals surface area contributed by atoms with Gasteiger partial charge in [-0.05, 0) is 13.8 Å². The van der Waals surface area contributed by atoms with Crippen molar-refractivity contribution in [1.82, 2.24) is 10.3 Å². The third-order valence-corrected chi connectivity index (χ3v) is 2.29. The normalized spacial score (nSPS) is 12.2. The van der Waals surface area contributed by atoms with Gasteiger partial charge in [0.1, 0.15) is 0 Å². The zero-order chi connectivity index (χ0) is 12.3. The summed E-state index contributed by atoms with van der Waals surface area (Å²) in [6.45, 7) is 6.78. The fourth-order valence-corrected chi connectivity index (χ4v) is 1.39. The molecule has 1 unspecified atom stereocenters. The van der Waals surface area contributed by atoms with Crippen LogP contribution >= 0.6 is 0 Å². The van der Waals surface area contributed by atoms with Crippen LogP contribution in [0.25, 0.3) is 0 Å². The van der Waals surface area contributed by atoms with E-state index in [-0.39, 0.29) is 11.5 Å². The summed E-state index contributed by atoms with van der Waals surface area (Å²) >= 11 is 0. The Labute approximate surface area is 94.2 Å². The summed E-state index contributed by atoms with van der Waals surface area (Å²) in [5.41, 5.74) is 0.533. The first-order valence-electron chi connectivity index (χ1n) is 5.23. The van der Waals surface area contributed by atoms with Crippen molar-refractivity contribution < 1.29 is 14.0 Å². The number of nitrogens with zero attached hydrogens (tertiary/aromatic N) is 1. The van der Waals surface area contributed by atoms with Gasteiger partial charge in [0.2, 0.25) is 5.76 Å². The second-order valence-electron chi connectivity index (χ2n) is 3.66. The Hall–Kier alpha value is -1.65. The zero-order valence-corrected chi connectivity index (χ0v) is 9.96. The number of rotatable bonds is 4. The van der Waals surface area contributed by atoms with Crippen LogP contribution in [-0.4, -0.2) is 22.7 Å². The highest BCUT2D eigenvalue weighted by Gasteiger charge is 2.20. The van der Waals surface area contributed by atoms with Gasteiger partial charge in [0, 0.05) is 13.3 Å². The fraction of sp³-hybridized carbons (Fsp3) is 0.545. The predicted octanol–water partition coefficient (Wildman–Crippen LogP) is 1.39. The summed E-state index contributed by atoms with van der Waals surface area (Å²) in [7, 11) is 0. The summed E-state index contributed by atoms with van der Waals surface area (Å²) in [4.78, 5) is 27.0. The minimum atomic E-state index is -0.498. The van der Waals surface area contributed by atoms with Crippen LogP contribution in [0.3, 0.4) is 0 Å². The molecule has 5 nitrogen and oxygen atoms in total. The maximum absolute atomic E-state index is 11.7. The number of carbonyl (C=O) groups is 2. The molecule has 88 valence electrons. The number of oxazole rings is 1. The predicted molar refractivity (Wildman–Crippen MR) is 58.2 cm³/mol. The Balaban J connectivity index is 2.73. The third kappa shape index (κ3) is 2.68. The van der Waals surface area contributed by atoms with Gasteiger partial charge in [-0.15, -0.1) is 0 Å². The van der Waals surface area contributed by atoms with E-state index in [1.807, 2.05) is 0 Å². The van der Waals surface area contributed by atoms with Crippen molar-refractivity contribution >= 4 is 11.7 Å². The zero-order valence-electron chi connectivity index (χ0n) is 9.96. The van der Waals surface area contributed by atoms with Gasteiger partial charge < -0.3 is 9.73 Å². The van der Waals surface area contributed by atoms with Crippen molar-refractivity contribution in [3.8, 4) is 0 Å². The van der Waals surface area contributed by atoms with E-state index in [1.54, 1.807) is 27.7 Å². The second-order valence-corrected chi connectivity index (χ2v) is 3.66. The number of hydrogen-bond donors (Lipinski definition) is 1. The van der Waals surface area contributed by atoms with Crippen molar-refractivity contribution in [2.24, 2.45) is 0 Å². The summed E-state index contributed by atoms with van der Waals surface area (Å²) in [6, 6.07) is -0.498. The van der Waals surface area contributed by atoms with Gasteiger partial charge in [-0.1, -0.05) is 6.92 Å². The van der Waals surface area contributed by atoms with E-state index in [0.717, 1.165) is 0 Å². The number of nitrogens with one attached hydrogen (secondary N) is 1. The average Bonchev–Trinajstić information content (AvgIpc) is 2.56. The summed E-state index contributed by atoms with van der Waals surface area (Å²) in [6.07, 6.45) is 0.399. The average molecular weight is 224 g/mol. The molecule has 1 rings (SSSR count). The van der Waals surface area contributed by atoms with E-state index in [2.05, 4.69) is 10.3 Å². The minimum absolute atomic E-state index is 0.0118. The van der Waals surface area contributed by atoms with Gasteiger partial charge in [-0.2, -0.15) is 0 Å². The van der Waals surface area contributed by atoms with Crippen LogP contribution in [0, 0.1) is 13.8 Å². The molecule has 1 N–H and O–H groups in total. The molecule has 0 aliphatic rings. The van der Waals surface area contributed by atoms with Crippen molar-refractivity contribution in [2.75, 3.05) is 0 Å². The number of aromatic nitrogens is 1. The van der Waals surface area contributed by atoms with Gasteiger partial charge in [-0.25, -0.2) is 4.98 Å². The van der Waals surface area contributed by atoms with Gasteiger partial charge in [0.15, 0.2) is 11.7 Å². The molecule has 0 saturated carbocycles. The van der Waals surface area contributed by atoms with Gasteiger partial charge in [0.05, 0.1) is 11.7 Å². The van der Waals surface area contributed by atoms with Gasteiger partial charge in [0.25, 0.3) is 5.91 Å². The highest BCUT2D eigenvalue weighted by atomic mass is 16.4. The molecule has 0 fully saturated rings. The van der Waals surface area contributed by atoms with Crippen LogP contribution < -0.4 is 5.32 Å². The standard InChI is InChI=1S/C11H16N2O3/c1-5-9(14)6(2)13-11(15)10-7(3)12-8(4)16-10/h6H,5H2,1-4H3,(H,13,15). The summed E-state index contributed by atoms with van der Waals surface area (Å²) < 4.78 is 5.16. The lowest BCUT2D eigenvalue weighted by Gasteiger charge is -2.10. The highest BCUT2D eigenvalue weighted by Crippen LogP contribution is 2.09. The van der Waals surface area contributed by atoms with Crippen LogP contribution in [0.5, 0.6) is 0 Å². The highest BCUT2D eigenvalue weighted by molar-refractivity contribution is 5.96. The lowest BCUT2D eigenvalue weighted by molar-refractivity contribution is -0.120. The molecule has 0 aliphatic heterocycles. The first kappa shape index (κ1) is 12.4. The Bertz CT molecular complexity index is 409. The van der Waals surface area contributed by atoms with E-state index >= 15 is 0 Å². The van der Waals surface area contributed by atoms with Gasteiger partial charge in [-0.3, -0.25) is 9.59 Å². The summed E-state index contributed by atoms with van der Waals surface area (Å²) in [5, 5.41) is 2.58. The minimum Gasteiger partial charge on any atom is -0.436 e. The van der Waals surface area contributed by atoms with E-state index in [4.69, 9.17) is 4.42 Å². The monoisotopic (exact) mass is 224 g/mol. The van der Waals surface area contributed by atoms with Crippen molar-refractivity contribution in [1.29, 1.82) is 0 Å². The molecule has 1 amide bonds. The molecule has 0 spiro atoms. The van der Waals surface area contributed by atoms with Crippen LogP contribution in [0.4, 0.5) is 0 Å². The lowest BCUT2D eigenvalue weighted by Crippen LogP contribution is -2.38. The Morgan fingerprint density at radius 1 is 1.44 bits per heavy atom. The van der Waals surface area contributed by atoms with Crippen LogP contribution in [0.1, 0.15) is 42.4 Å². The molecule has 1 heterocycles. The number of ketones is 1. The first-order valence-corrected chi connectivity index (χ1v) is 5.23. The Morgan fingerprint density at radius 3 is 2.50 bits per heavy atom. The van der Waals surface area contributed by atoms with Crippen molar-refractivity contribution in [3.05, 3.63) is 17.3 Å². The smallest absolute Gasteiger partial charge is 0.289 e. The van der Waals surface area contributed by atoms with Crippen molar-refractivity contribution in [3.63, 3.8) is 0 Å². The van der Waals surface area contributed by atoms with E-state index < -0.39 is 11.9 Å².